The fourth-order valence-electron chi connectivity index (χ4n) is 2.88. The number of nitrogens with one attached hydrogen (secondary N) is 1. The molecule has 114 valence electrons. The van der Waals surface area contributed by atoms with E-state index in [1.807, 2.05) is 41.8 Å². The van der Waals surface area contributed by atoms with Gasteiger partial charge in [0.05, 0.1) is 17.2 Å². The lowest BCUT2D eigenvalue weighted by molar-refractivity contribution is 1.07. The summed E-state index contributed by atoms with van der Waals surface area (Å²) in [6.07, 6.45) is 4.55. The molecule has 0 atom stereocenters. The number of fused-ring (bicyclic) bond motifs is 2. The lowest BCUT2D eigenvalue weighted by atomic mass is 10.1. The van der Waals surface area contributed by atoms with Gasteiger partial charge in [0, 0.05) is 11.7 Å². The summed E-state index contributed by atoms with van der Waals surface area (Å²) in [4.78, 5) is 24.4. The van der Waals surface area contributed by atoms with Crippen molar-refractivity contribution in [2.75, 3.05) is 0 Å². The van der Waals surface area contributed by atoms with Gasteiger partial charge < -0.3 is 9.38 Å². The van der Waals surface area contributed by atoms with Crippen molar-refractivity contribution < 1.29 is 0 Å². The van der Waals surface area contributed by atoms with Crippen molar-refractivity contribution in [3.63, 3.8) is 0 Å². The van der Waals surface area contributed by atoms with Crippen molar-refractivity contribution >= 4 is 16.4 Å². The zero-order valence-corrected chi connectivity index (χ0v) is 13.0. The van der Waals surface area contributed by atoms with E-state index in [0.717, 1.165) is 28.6 Å². The van der Waals surface area contributed by atoms with E-state index in [-0.39, 0.29) is 5.56 Å². The molecule has 0 bridgehead atoms. The van der Waals surface area contributed by atoms with E-state index in [4.69, 9.17) is 0 Å². The van der Waals surface area contributed by atoms with E-state index in [2.05, 4.69) is 27.9 Å². The second-order valence-electron chi connectivity index (χ2n) is 5.69. The predicted octanol–water partition coefficient (Wildman–Crippen LogP) is 3.11. The molecule has 3 heterocycles. The summed E-state index contributed by atoms with van der Waals surface area (Å²) >= 11 is 0. The Morgan fingerprint density at radius 2 is 2.13 bits per heavy atom. The first kappa shape index (κ1) is 13.7. The fraction of sp³-hybridized carbons (Fsp3) is 0.167. The molecule has 4 rings (SSSR count). The Morgan fingerprint density at radius 3 is 2.96 bits per heavy atom. The van der Waals surface area contributed by atoms with Gasteiger partial charge in [-0.05, 0) is 48.7 Å². The second-order valence-corrected chi connectivity index (χ2v) is 5.69. The van der Waals surface area contributed by atoms with Gasteiger partial charge in [-0.1, -0.05) is 13.0 Å². The Kier molecular flexibility index (Phi) is 3.01. The first-order valence-corrected chi connectivity index (χ1v) is 7.62. The summed E-state index contributed by atoms with van der Waals surface area (Å²) in [5.74, 6) is 0.499. The molecule has 0 unspecified atom stereocenters. The van der Waals surface area contributed by atoms with Gasteiger partial charge in [0.15, 0.2) is 5.82 Å². The Labute approximate surface area is 132 Å². The Bertz CT molecular complexity index is 1090. The molecule has 0 aliphatic carbocycles. The van der Waals surface area contributed by atoms with Gasteiger partial charge in [-0.2, -0.15) is 0 Å². The topological polar surface area (TPSA) is 63.1 Å². The zero-order valence-electron chi connectivity index (χ0n) is 13.0. The van der Waals surface area contributed by atoms with Crippen LogP contribution < -0.4 is 5.56 Å². The van der Waals surface area contributed by atoms with Crippen molar-refractivity contribution in [1.29, 1.82) is 0 Å². The van der Waals surface area contributed by atoms with Gasteiger partial charge in [0.1, 0.15) is 5.69 Å². The summed E-state index contributed by atoms with van der Waals surface area (Å²) in [5.41, 5.74) is 4.43. The Balaban J connectivity index is 1.97. The number of benzene rings is 1. The minimum Gasteiger partial charge on any atom is -0.308 e. The number of aromatic amines is 1. The highest BCUT2D eigenvalue weighted by molar-refractivity contribution is 5.83. The molecule has 0 amide bonds. The maximum Gasteiger partial charge on any atom is 0.259 e. The van der Waals surface area contributed by atoms with Gasteiger partial charge in [-0.25, -0.2) is 9.97 Å². The van der Waals surface area contributed by atoms with Crippen LogP contribution in [-0.4, -0.2) is 19.4 Å². The number of aromatic nitrogens is 4. The normalized spacial score (nSPS) is 11.4. The molecule has 0 fully saturated rings. The van der Waals surface area contributed by atoms with E-state index in [1.54, 1.807) is 6.33 Å². The lowest BCUT2D eigenvalue weighted by Gasteiger charge is -2.07. The third kappa shape index (κ3) is 2.21. The molecule has 5 nitrogen and oxygen atoms in total. The minimum atomic E-state index is -0.125. The standard InChI is InChI=1S/C18H16N4O/c1-3-12-7-11(2)16-14(8-12)18(23)21-17(20-16)15-9-13-5-4-6-22(13)10-19-15/h4-10H,3H2,1-2H3,(H,20,21,23). The molecular weight excluding hydrogens is 288 g/mol. The summed E-state index contributed by atoms with van der Waals surface area (Å²) < 4.78 is 1.92. The number of nitrogens with zero attached hydrogens (tertiary/aromatic N) is 3. The average Bonchev–Trinajstić information content (AvgIpc) is 3.02. The van der Waals surface area contributed by atoms with Gasteiger partial charge >= 0.3 is 0 Å². The van der Waals surface area contributed by atoms with Crippen LogP contribution in [0, 0.1) is 6.92 Å². The van der Waals surface area contributed by atoms with Crippen molar-refractivity contribution in [2.24, 2.45) is 0 Å². The molecule has 1 N–H and O–H groups in total. The average molecular weight is 304 g/mol. The van der Waals surface area contributed by atoms with Crippen LogP contribution in [0.4, 0.5) is 0 Å². The predicted molar refractivity (Wildman–Crippen MR) is 90.7 cm³/mol. The molecule has 0 saturated carbocycles. The molecule has 0 aliphatic rings. The summed E-state index contributed by atoms with van der Waals surface area (Å²) in [5, 5.41) is 0.634. The third-order valence-corrected chi connectivity index (χ3v) is 4.13. The molecule has 0 aliphatic heterocycles. The van der Waals surface area contributed by atoms with Crippen molar-refractivity contribution in [3.05, 3.63) is 64.3 Å². The number of hydrogen-bond acceptors (Lipinski definition) is 3. The van der Waals surface area contributed by atoms with E-state index in [1.165, 1.54) is 0 Å². The highest BCUT2D eigenvalue weighted by Crippen LogP contribution is 2.20. The number of rotatable bonds is 2. The van der Waals surface area contributed by atoms with Crippen LogP contribution in [0.2, 0.25) is 0 Å². The van der Waals surface area contributed by atoms with Gasteiger partial charge in [0.25, 0.3) is 5.56 Å². The minimum absolute atomic E-state index is 0.125. The molecular formula is C18H16N4O. The lowest BCUT2D eigenvalue weighted by Crippen LogP contribution is -2.11. The van der Waals surface area contributed by atoms with Gasteiger partial charge in [0.2, 0.25) is 0 Å². The summed E-state index contributed by atoms with van der Waals surface area (Å²) in [6, 6.07) is 9.86. The molecule has 0 radical (unpaired) electrons. The quantitative estimate of drug-likeness (QED) is 0.619. The van der Waals surface area contributed by atoms with E-state index in [0.29, 0.717) is 16.9 Å². The van der Waals surface area contributed by atoms with Crippen LogP contribution in [-0.2, 0) is 6.42 Å². The first-order chi connectivity index (χ1) is 11.2. The maximum atomic E-state index is 12.5. The first-order valence-electron chi connectivity index (χ1n) is 7.62. The van der Waals surface area contributed by atoms with Crippen molar-refractivity contribution in [2.45, 2.75) is 20.3 Å². The zero-order chi connectivity index (χ0) is 16.0. The fourth-order valence-corrected chi connectivity index (χ4v) is 2.88. The van der Waals surface area contributed by atoms with Crippen LogP contribution >= 0.6 is 0 Å². The Morgan fingerprint density at radius 1 is 1.26 bits per heavy atom. The molecule has 23 heavy (non-hydrogen) atoms. The van der Waals surface area contributed by atoms with Gasteiger partial charge in [-0.3, -0.25) is 4.79 Å². The molecule has 5 heteroatoms. The van der Waals surface area contributed by atoms with Crippen LogP contribution in [0.1, 0.15) is 18.1 Å². The molecule has 4 aromatic rings. The summed E-state index contributed by atoms with van der Waals surface area (Å²) in [7, 11) is 0. The molecule has 0 saturated heterocycles. The van der Waals surface area contributed by atoms with E-state index in [9.17, 15) is 4.79 Å². The smallest absolute Gasteiger partial charge is 0.259 e. The van der Waals surface area contributed by atoms with Crippen LogP contribution in [0.5, 0.6) is 0 Å². The number of hydrogen-bond donors (Lipinski definition) is 1. The summed E-state index contributed by atoms with van der Waals surface area (Å²) in [6.45, 7) is 4.06. The maximum absolute atomic E-state index is 12.5. The van der Waals surface area contributed by atoms with E-state index >= 15 is 0 Å². The highest BCUT2D eigenvalue weighted by atomic mass is 16.1. The highest BCUT2D eigenvalue weighted by Gasteiger charge is 2.10. The second kappa shape index (κ2) is 5.05. The third-order valence-electron chi connectivity index (χ3n) is 4.13. The van der Waals surface area contributed by atoms with Crippen LogP contribution in [0.3, 0.4) is 0 Å². The number of H-pyrrole nitrogens is 1. The largest absolute Gasteiger partial charge is 0.308 e. The van der Waals surface area contributed by atoms with Crippen molar-refractivity contribution in [3.8, 4) is 11.5 Å². The van der Waals surface area contributed by atoms with Crippen molar-refractivity contribution in [1.82, 2.24) is 19.4 Å². The SMILES string of the molecule is CCc1cc(C)c2nc(-c3cc4cccn4cn3)[nH]c(=O)c2c1. The van der Waals surface area contributed by atoms with E-state index < -0.39 is 0 Å². The van der Waals surface area contributed by atoms with Gasteiger partial charge in [-0.15, -0.1) is 0 Å². The Hall–Kier alpha value is -2.95. The monoisotopic (exact) mass is 304 g/mol. The molecule has 0 spiro atoms. The van der Waals surface area contributed by atoms with Crippen LogP contribution in [0.15, 0.2) is 47.7 Å². The molecule has 3 aromatic heterocycles. The number of aryl methyl sites for hydroxylation is 2. The molecule has 1 aromatic carbocycles. The van der Waals surface area contributed by atoms with Crippen LogP contribution in [0.25, 0.3) is 27.9 Å².